The second-order valence-electron chi connectivity index (χ2n) is 2.49. The smallest absolute Gasteiger partial charge is 0.175 e. The van der Waals surface area contributed by atoms with E-state index in [4.69, 9.17) is 5.26 Å². The maximum Gasteiger partial charge on any atom is 0.175 e. The molecule has 1 rings (SSSR count). The minimum Gasteiger partial charge on any atom is -0.337 e. The average Bonchev–Trinajstić information content (AvgIpc) is 2.53. The molecule has 0 amide bonds. The Morgan fingerprint density at radius 3 is 3.08 bits per heavy atom. The van der Waals surface area contributed by atoms with Crippen molar-refractivity contribution in [3.05, 3.63) is 17.8 Å². The highest BCUT2D eigenvalue weighted by molar-refractivity contribution is 5.92. The van der Waals surface area contributed by atoms with Crippen molar-refractivity contribution in [3.63, 3.8) is 0 Å². The molecule has 13 heavy (non-hydrogen) atoms. The number of nitriles is 1. The zero-order valence-corrected chi connectivity index (χ0v) is 7.24. The summed E-state index contributed by atoms with van der Waals surface area (Å²) in [6.07, 6.45) is 1.77. The number of carbonyl (C=O) groups is 1. The standard InChI is InChI=1S/C9H9N3O/c1-7(13)8-3-4-9(12-8)11-6-2-5-10/h3-4,6,12H,2H2,1H3. The van der Waals surface area contributed by atoms with Gasteiger partial charge in [-0.05, 0) is 12.1 Å². The van der Waals surface area contributed by atoms with Gasteiger partial charge in [0, 0.05) is 13.1 Å². The van der Waals surface area contributed by atoms with Crippen LogP contribution in [-0.2, 0) is 0 Å². The molecule has 0 aliphatic rings. The minimum absolute atomic E-state index is 0.0262. The van der Waals surface area contributed by atoms with Crippen LogP contribution in [0.15, 0.2) is 17.1 Å². The molecule has 0 aliphatic carbocycles. The van der Waals surface area contributed by atoms with Crippen molar-refractivity contribution < 1.29 is 4.79 Å². The third kappa shape index (κ3) is 2.56. The highest BCUT2D eigenvalue weighted by Gasteiger charge is 2.00. The molecule has 1 aromatic heterocycles. The lowest BCUT2D eigenvalue weighted by molar-refractivity contribution is 0.101. The Kier molecular flexibility index (Phi) is 2.98. The van der Waals surface area contributed by atoms with Crippen LogP contribution < -0.4 is 0 Å². The summed E-state index contributed by atoms with van der Waals surface area (Å²) in [6.45, 7) is 1.48. The van der Waals surface area contributed by atoms with Crippen molar-refractivity contribution in [1.29, 1.82) is 5.26 Å². The SMILES string of the molecule is CC(=O)c1ccc(N=CCC#N)[nH]1. The van der Waals surface area contributed by atoms with Gasteiger partial charge in [-0.15, -0.1) is 0 Å². The van der Waals surface area contributed by atoms with Crippen LogP contribution >= 0.6 is 0 Å². The van der Waals surface area contributed by atoms with E-state index in [2.05, 4.69) is 9.98 Å². The predicted octanol–water partition coefficient (Wildman–Crippen LogP) is 1.83. The number of Topliss-reactive ketones (excluding diaryl/α,β-unsaturated/α-hetero) is 1. The van der Waals surface area contributed by atoms with Gasteiger partial charge < -0.3 is 4.98 Å². The molecule has 1 aromatic rings. The van der Waals surface area contributed by atoms with Crippen LogP contribution in [0.4, 0.5) is 5.82 Å². The molecular weight excluding hydrogens is 166 g/mol. The molecule has 0 radical (unpaired) electrons. The molecule has 0 saturated heterocycles. The van der Waals surface area contributed by atoms with Gasteiger partial charge in [0.1, 0.15) is 5.82 Å². The number of ketones is 1. The van der Waals surface area contributed by atoms with Crippen molar-refractivity contribution in [2.45, 2.75) is 13.3 Å². The van der Waals surface area contributed by atoms with Crippen LogP contribution in [0.25, 0.3) is 0 Å². The summed E-state index contributed by atoms with van der Waals surface area (Å²) in [7, 11) is 0. The van der Waals surface area contributed by atoms with Gasteiger partial charge in [-0.3, -0.25) is 4.79 Å². The summed E-state index contributed by atoms with van der Waals surface area (Å²) < 4.78 is 0. The van der Waals surface area contributed by atoms with Gasteiger partial charge in [0.25, 0.3) is 0 Å². The summed E-state index contributed by atoms with van der Waals surface area (Å²) in [5, 5.41) is 8.23. The molecule has 0 aliphatic heterocycles. The first-order valence-electron chi connectivity index (χ1n) is 3.83. The maximum absolute atomic E-state index is 10.9. The van der Waals surface area contributed by atoms with Crippen LogP contribution in [0.1, 0.15) is 23.8 Å². The third-order valence-corrected chi connectivity index (χ3v) is 1.46. The van der Waals surface area contributed by atoms with E-state index in [0.29, 0.717) is 11.5 Å². The normalized spacial score (nSPS) is 10.2. The first kappa shape index (κ1) is 9.20. The molecule has 0 atom stereocenters. The van der Waals surface area contributed by atoms with E-state index in [1.807, 2.05) is 6.07 Å². The van der Waals surface area contributed by atoms with Crippen LogP contribution in [0, 0.1) is 11.3 Å². The van der Waals surface area contributed by atoms with Gasteiger partial charge in [0.05, 0.1) is 18.2 Å². The summed E-state index contributed by atoms with van der Waals surface area (Å²) in [6, 6.07) is 5.30. The number of nitrogens with zero attached hydrogens (tertiary/aromatic N) is 2. The van der Waals surface area contributed by atoms with E-state index in [9.17, 15) is 4.79 Å². The zero-order chi connectivity index (χ0) is 9.68. The molecule has 0 bridgehead atoms. The van der Waals surface area contributed by atoms with E-state index < -0.39 is 0 Å². The quantitative estimate of drug-likeness (QED) is 0.562. The Balaban J connectivity index is 2.70. The summed E-state index contributed by atoms with van der Waals surface area (Å²) in [5.41, 5.74) is 0.532. The number of hydrogen-bond acceptors (Lipinski definition) is 3. The first-order valence-corrected chi connectivity index (χ1v) is 3.83. The van der Waals surface area contributed by atoms with E-state index in [1.54, 1.807) is 12.1 Å². The fourth-order valence-electron chi connectivity index (χ4n) is 0.849. The molecule has 0 saturated carbocycles. The van der Waals surface area contributed by atoms with Gasteiger partial charge in [-0.25, -0.2) is 4.99 Å². The number of rotatable bonds is 3. The van der Waals surface area contributed by atoms with Crippen LogP contribution in [0.3, 0.4) is 0 Å². The maximum atomic E-state index is 10.9. The molecule has 1 N–H and O–H groups in total. The minimum atomic E-state index is -0.0262. The molecule has 0 spiro atoms. The Morgan fingerprint density at radius 1 is 1.77 bits per heavy atom. The average molecular weight is 175 g/mol. The molecule has 0 aromatic carbocycles. The van der Waals surface area contributed by atoms with Crippen molar-refractivity contribution in [2.75, 3.05) is 0 Å². The molecule has 1 heterocycles. The Morgan fingerprint density at radius 2 is 2.54 bits per heavy atom. The van der Waals surface area contributed by atoms with Crippen molar-refractivity contribution in [2.24, 2.45) is 4.99 Å². The molecule has 4 heteroatoms. The van der Waals surface area contributed by atoms with Crippen LogP contribution in [-0.4, -0.2) is 17.0 Å². The van der Waals surface area contributed by atoms with Gasteiger partial charge in [-0.2, -0.15) is 5.26 Å². The highest BCUT2D eigenvalue weighted by Crippen LogP contribution is 2.10. The largest absolute Gasteiger partial charge is 0.337 e. The fourth-order valence-corrected chi connectivity index (χ4v) is 0.849. The summed E-state index contributed by atoms with van der Waals surface area (Å²) >= 11 is 0. The third-order valence-electron chi connectivity index (χ3n) is 1.46. The highest BCUT2D eigenvalue weighted by atomic mass is 16.1. The van der Waals surface area contributed by atoms with Crippen molar-refractivity contribution in [1.82, 2.24) is 4.98 Å². The molecule has 0 fully saturated rings. The number of carbonyl (C=O) groups excluding carboxylic acids is 1. The fraction of sp³-hybridized carbons (Fsp3) is 0.222. The van der Waals surface area contributed by atoms with Gasteiger partial charge in [0.2, 0.25) is 0 Å². The van der Waals surface area contributed by atoms with E-state index in [-0.39, 0.29) is 12.2 Å². The second-order valence-corrected chi connectivity index (χ2v) is 2.49. The topological polar surface area (TPSA) is 69.0 Å². The number of aromatic amines is 1. The number of nitrogens with one attached hydrogen (secondary N) is 1. The molecule has 0 unspecified atom stereocenters. The number of hydrogen-bond donors (Lipinski definition) is 1. The van der Waals surface area contributed by atoms with Crippen LogP contribution in [0.2, 0.25) is 0 Å². The van der Waals surface area contributed by atoms with Crippen molar-refractivity contribution in [3.8, 4) is 6.07 Å². The molecule has 66 valence electrons. The number of H-pyrrole nitrogens is 1. The van der Waals surface area contributed by atoms with Gasteiger partial charge >= 0.3 is 0 Å². The summed E-state index contributed by atoms with van der Waals surface area (Å²) in [5.74, 6) is 0.571. The lowest BCUT2D eigenvalue weighted by atomic mass is 10.3. The van der Waals surface area contributed by atoms with Gasteiger partial charge in [-0.1, -0.05) is 0 Å². The Labute approximate surface area is 75.9 Å². The number of aromatic nitrogens is 1. The predicted molar refractivity (Wildman–Crippen MR) is 49.2 cm³/mol. The Bertz CT molecular complexity index is 370. The zero-order valence-electron chi connectivity index (χ0n) is 7.24. The Hall–Kier alpha value is -1.89. The molecular formula is C9H9N3O. The van der Waals surface area contributed by atoms with Crippen molar-refractivity contribution >= 4 is 17.8 Å². The molecule has 4 nitrogen and oxygen atoms in total. The first-order chi connectivity index (χ1) is 6.24. The van der Waals surface area contributed by atoms with E-state index in [1.165, 1.54) is 13.1 Å². The monoisotopic (exact) mass is 175 g/mol. The second kappa shape index (κ2) is 4.21. The lowest BCUT2D eigenvalue weighted by Crippen LogP contribution is -1.89. The van der Waals surface area contributed by atoms with Gasteiger partial charge in [0.15, 0.2) is 5.78 Å². The van der Waals surface area contributed by atoms with E-state index in [0.717, 1.165) is 0 Å². The van der Waals surface area contributed by atoms with E-state index >= 15 is 0 Å². The summed E-state index contributed by atoms with van der Waals surface area (Å²) in [4.78, 5) is 17.6. The number of aliphatic imine (C=N–C) groups is 1. The lowest BCUT2D eigenvalue weighted by Gasteiger charge is -1.86. The van der Waals surface area contributed by atoms with Crippen LogP contribution in [0.5, 0.6) is 0 Å².